The lowest BCUT2D eigenvalue weighted by molar-refractivity contribution is -0.142. The maximum atomic E-state index is 12.7. The van der Waals surface area contributed by atoms with E-state index in [1.807, 2.05) is 44.7 Å². The Kier molecular flexibility index (Phi) is 7.28. The quantitative estimate of drug-likeness (QED) is 0.830. The maximum absolute atomic E-state index is 12.7. The summed E-state index contributed by atoms with van der Waals surface area (Å²) < 4.78 is 5.18. The molecule has 2 rings (SSSR count). The largest absolute Gasteiger partial charge is 0.497 e. The smallest absolute Gasteiger partial charge is 0.227 e. The van der Waals surface area contributed by atoms with Crippen molar-refractivity contribution >= 4 is 11.8 Å². The molecule has 0 bridgehead atoms. The number of ether oxygens (including phenoxy) is 1. The molecule has 0 saturated carbocycles. The van der Waals surface area contributed by atoms with E-state index in [-0.39, 0.29) is 23.8 Å². The Morgan fingerprint density at radius 2 is 1.93 bits per heavy atom. The average molecular weight is 375 g/mol. The predicted molar refractivity (Wildman–Crippen MR) is 108 cm³/mol. The molecule has 1 aliphatic heterocycles. The summed E-state index contributed by atoms with van der Waals surface area (Å²) in [7, 11) is 1.66. The lowest BCUT2D eigenvalue weighted by Crippen LogP contribution is -2.49. The van der Waals surface area contributed by atoms with Crippen LogP contribution in [0.1, 0.15) is 52.5 Å². The minimum absolute atomic E-state index is 0.0728. The van der Waals surface area contributed by atoms with Gasteiger partial charge in [0, 0.05) is 24.5 Å². The summed E-state index contributed by atoms with van der Waals surface area (Å²) in [5.41, 5.74) is 0.834. The molecule has 1 saturated heterocycles. The third kappa shape index (κ3) is 6.26. The topological polar surface area (TPSA) is 58.6 Å². The Morgan fingerprint density at radius 1 is 1.26 bits per heavy atom. The third-order valence-corrected chi connectivity index (χ3v) is 5.13. The normalized spacial score (nSPS) is 18.7. The average Bonchev–Trinajstić information content (AvgIpc) is 2.65. The SMILES string of the molecule is COc1ccc(CC[C@@H](C)NC(=O)[C@H]2CCCN(C(=O)C(C)(C)C)C2)cc1. The second kappa shape index (κ2) is 9.25. The Bertz CT molecular complexity index is 634. The van der Waals surface area contributed by atoms with Gasteiger partial charge in [-0.3, -0.25) is 9.59 Å². The van der Waals surface area contributed by atoms with Crippen LogP contribution in [0.4, 0.5) is 0 Å². The first-order valence-electron chi connectivity index (χ1n) is 9.93. The first-order chi connectivity index (χ1) is 12.7. The fourth-order valence-corrected chi connectivity index (χ4v) is 3.46. The summed E-state index contributed by atoms with van der Waals surface area (Å²) in [6.07, 6.45) is 3.53. The molecule has 2 atom stereocenters. The lowest BCUT2D eigenvalue weighted by Gasteiger charge is -2.36. The molecular formula is C22H34N2O3. The number of hydrogen-bond acceptors (Lipinski definition) is 3. The predicted octanol–water partition coefficient (Wildman–Crippen LogP) is 3.42. The molecule has 0 aromatic heterocycles. The van der Waals surface area contributed by atoms with E-state index in [0.29, 0.717) is 6.54 Å². The zero-order valence-electron chi connectivity index (χ0n) is 17.4. The number of carbonyl (C=O) groups excluding carboxylic acids is 2. The number of methoxy groups -OCH3 is 1. The zero-order valence-corrected chi connectivity index (χ0v) is 17.4. The fourth-order valence-electron chi connectivity index (χ4n) is 3.46. The number of aryl methyl sites for hydroxylation is 1. The van der Waals surface area contributed by atoms with Crippen LogP contribution < -0.4 is 10.1 Å². The van der Waals surface area contributed by atoms with Crippen molar-refractivity contribution in [3.8, 4) is 5.75 Å². The van der Waals surface area contributed by atoms with Gasteiger partial charge in [0.2, 0.25) is 11.8 Å². The third-order valence-electron chi connectivity index (χ3n) is 5.13. The molecule has 150 valence electrons. The highest BCUT2D eigenvalue weighted by Gasteiger charge is 2.33. The molecule has 1 N–H and O–H groups in total. The number of nitrogens with one attached hydrogen (secondary N) is 1. The fraction of sp³-hybridized carbons (Fsp3) is 0.636. The first-order valence-corrected chi connectivity index (χ1v) is 9.93. The van der Waals surface area contributed by atoms with Gasteiger partial charge in [0.1, 0.15) is 5.75 Å². The van der Waals surface area contributed by atoms with Crippen LogP contribution in [0, 0.1) is 11.3 Å². The van der Waals surface area contributed by atoms with Gasteiger partial charge < -0.3 is 15.0 Å². The Labute approximate surface area is 163 Å². The molecule has 0 radical (unpaired) electrons. The molecule has 1 heterocycles. The van der Waals surface area contributed by atoms with Gasteiger partial charge in [-0.15, -0.1) is 0 Å². The summed E-state index contributed by atoms with van der Waals surface area (Å²) in [4.78, 5) is 27.0. The highest BCUT2D eigenvalue weighted by Crippen LogP contribution is 2.24. The Hall–Kier alpha value is -2.04. The van der Waals surface area contributed by atoms with Crippen LogP contribution in [-0.4, -0.2) is 43.0 Å². The number of nitrogens with zero attached hydrogens (tertiary/aromatic N) is 1. The van der Waals surface area contributed by atoms with Gasteiger partial charge in [0.15, 0.2) is 0 Å². The standard InChI is InChI=1S/C22H34N2O3/c1-16(8-9-17-10-12-19(27-5)13-11-17)23-20(25)18-7-6-14-24(15-18)21(26)22(2,3)4/h10-13,16,18H,6-9,14-15H2,1-5H3,(H,23,25)/t16-,18+/m1/s1. The van der Waals surface area contributed by atoms with E-state index in [2.05, 4.69) is 17.4 Å². The monoisotopic (exact) mass is 374 g/mol. The van der Waals surface area contributed by atoms with Gasteiger partial charge in [-0.05, 0) is 50.3 Å². The molecule has 1 aliphatic rings. The highest BCUT2D eigenvalue weighted by atomic mass is 16.5. The minimum Gasteiger partial charge on any atom is -0.497 e. The minimum atomic E-state index is -0.399. The molecule has 0 unspecified atom stereocenters. The molecular weight excluding hydrogens is 340 g/mol. The molecule has 1 aromatic rings. The summed E-state index contributed by atoms with van der Waals surface area (Å²) in [5.74, 6) is 0.955. The van der Waals surface area contributed by atoms with Gasteiger partial charge in [0.25, 0.3) is 0 Å². The van der Waals surface area contributed by atoms with Gasteiger partial charge in [-0.25, -0.2) is 0 Å². The molecule has 5 nitrogen and oxygen atoms in total. The van der Waals surface area contributed by atoms with Crippen molar-refractivity contribution in [3.05, 3.63) is 29.8 Å². The van der Waals surface area contributed by atoms with Crippen LogP contribution in [0.15, 0.2) is 24.3 Å². The Morgan fingerprint density at radius 3 is 2.52 bits per heavy atom. The summed E-state index contributed by atoms with van der Waals surface area (Å²) >= 11 is 0. The van der Waals surface area contributed by atoms with E-state index in [1.165, 1.54) is 5.56 Å². The number of amides is 2. The van der Waals surface area contributed by atoms with Crippen LogP contribution in [0.2, 0.25) is 0 Å². The molecule has 27 heavy (non-hydrogen) atoms. The second-order valence-corrected chi connectivity index (χ2v) is 8.64. The van der Waals surface area contributed by atoms with Crippen LogP contribution >= 0.6 is 0 Å². The summed E-state index contributed by atoms with van der Waals surface area (Å²) in [6, 6.07) is 8.14. The van der Waals surface area contributed by atoms with Gasteiger partial charge in [0.05, 0.1) is 13.0 Å². The number of rotatable bonds is 6. The second-order valence-electron chi connectivity index (χ2n) is 8.64. The van der Waals surface area contributed by atoms with E-state index in [0.717, 1.165) is 38.0 Å². The van der Waals surface area contributed by atoms with Crippen molar-refractivity contribution in [2.75, 3.05) is 20.2 Å². The molecule has 2 amide bonds. The molecule has 0 aliphatic carbocycles. The number of piperidine rings is 1. The summed E-state index contributed by atoms with van der Waals surface area (Å²) in [5, 5.41) is 3.14. The molecule has 0 spiro atoms. The molecule has 1 fully saturated rings. The van der Waals surface area contributed by atoms with Crippen molar-refractivity contribution in [1.82, 2.24) is 10.2 Å². The van der Waals surface area contributed by atoms with Crippen LogP contribution in [0.3, 0.4) is 0 Å². The van der Waals surface area contributed by atoms with Crippen molar-refractivity contribution in [3.63, 3.8) is 0 Å². The molecule has 1 aromatic carbocycles. The van der Waals surface area contributed by atoms with Gasteiger partial charge in [-0.2, -0.15) is 0 Å². The first kappa shape index (κ1) is 21.3. The number of likely N-dealkylation sites (tertiary alicyclic amines) is 1. The van der Waals surface area contributed by atoms with Crippen molar-refractivity contribution in [2.24, 2.45) is 11.3 Å². The van der Waals surface area contributed by atoms with E-state index in [1.54, 1.807) is 7.11 Å². The highest BCUT2D eigenvalue weighted by molar-refractivity contribution is 5.84. The number of benzene rings is 1. The van der Waals surface area contributed by atoms with Crippen molar-refractivity contribution in [2.45, 2.75) is 59.4 Å². The Balaban J connectivity index is 1.81. The van der Waals surface area contributed by atoms with Crippen molar-refractivity contribution in [1.29, 1.82) is 0 Å². The summed E-state index contributed by atoms with van der Waals surface area (Å²) in [6.45, 7) is 9.13. The maximum Gasteiger partial charge on any atom is 0.227 e. The van der Waals surface area contributed by atoms with Gasteiger partial charge in [-0.1, -0.05) is 32.9 Å². The number of hydrogen-bond donors (Lipinski definition) is 1. The van der Waals surface area contributed by atoms with E-state index in [9.17, 15) is 9.59 Å². The van der Waals surface area contributed by atoms with Crippen LogP contribution in [0.5, 0.6) is 5.75 Å². The lowest BCUT2D eigenvalue weighted by atomic mass is 9.90. The zero-order chi connectivity index (χ0) is 20.0. The van der Waals surface area contributed by atoms with Gasteiger partial charge >= 0.3 is 0 Å². The molecule has 5 heteroatoms. The van der Waals surface area contributed by atoms with E-state index in [4.69, 9.17) is 4.74 Å². The van der Waals surface area contributed by atoms with E-state index >= 15 is 0 Å². The van der Waals surface area contributed by atoms with E-state index < -0.39 is 5.41 Å². The van der Waals surface area contributed by atoms with Crippen molar-refractivity contribution < 1.29 is 14.3 Å². The van der Waals surface area contributed by atoms with Crippen LogP contribution in [0.25, 0.3) is 0 Å². The number of carbonyl (C=O) groups is 2. The van der Waals surface area contributed by atoms with Crippen LogP contribution in [-0.2, 0) is 16.0 Å².